The van der Waals surface area contributed by atoms with Crippen molar-refractivity contribution in [1.82, 2.24) is 9.97 Å². The molecule has 0 aliphatic heterocycles. The van der Waals surface area contributed by atoms with E-state index in [1.54, 1.807) is 12.4 Å². The molecule has 1 unspecified atom stereocenters. The zero-order valence-electron chi connectivity index (χ0n) is 8.53. The number of imidazole rings is 1. The van der Waals surface area contributed by atoms with Crippen LogP contribution in [0.5, 0.6) is 0 Å². The van der Waals surface area contributed by atoms with Crippen molar-refractivity contribution in [2.45, 2.75) is 26.3 Å². The fourth-order valence-corrected chi connectivity index (χ4v) is 0.619. The minimum atomic E-state index is 0. The van der Waals surface area contributed by atoms with Gasteiger partial charge < -0.3 is 9.97 Å². The molecule has 0 fully saturated rings. The van der Waals surface area contributed by atoms with Crippen LogP contribution in [0, 0.1) is 0 Å². The molecule has 0 spiro atoms. The standard InChI is InChI=1S/C8H12N3.2ClH.O.V/c1-3-7(2)10-5-8-4-9-6-11-8;;;;/h4-7H,3H2,1-2H3;2*1H;;/q-1;;;;. The molecule has 0 saturated carbocycles. The molecule has 0 amide bonds. The maximum absolute atomic E-state index is 8.19. The summed E-state index contributed by atoms with van der Waals surface area (Å²) >= 11 is 1.06. The molecule has 0 bridgehead atoms. The van der Waals surface area contributed by atoms with E-state index < -0.39 is 0 Å². The van der Waals surface area contributed by atoms with Crippen LogP contribution < -0.4 is 4.98 Å². The van der Waals surface area contributed by atoms with E-state index in [1.165, 1.54) is 6.33 Å². The Kier molecular flexibility index (Phi) is 18.7. The van der Waals surface area contributed by atoms with E-state index in [9.17, 15) is 0 Å². The van der Waals surface area contributed by atoms with Crippen molar-refractivity contribution in [2.24, 2.45) is 4.99 Å². The molecule has 4 nitrogen and oxygen atoms in total. The summed E-state index contributed by atoms with van der Waals surface area (Å²) in [5.41, 5.74) is 0.838. The average molecular weight is 290 g/mol. The predicted molar refractivity (Wildman–Crippen MR) is 60.1 cm³/mol. The zero-order valence-corrected chi connectivity index (χ0v) is 11.6. The summed E-state index contributed by atoms with van der Waals surface area (Å²) in [5, 5.41) is 0. The van der Waals surface area contributed by atoms with Crippen LogP contribution in [0.25, 0.3) is 0 Å². The molecule has 0 N–H and O–H groups in total. The summed E-state index contributed by atoms with van der Waals surface area (Å²) in [6.45, 7) is 4.19. The second-order valence-corrected chi connectivity index (χ2v) is 2.48. The Balaban J connectivity index is -0.000000339. The minimum absolute atomic E-state index is 0. The molecule has 0 aromatic carbocycles. The number of hydrogen-bond donors (Lipinski definition) is 0. The number of aliphatic imine (C=N–C) groups is 1. The molecule has 0 aliphatic rings. The molecule has 1 aromatic heterocycles. The first-order valence-electron chi connectivity index (χ1n) is 3.97. The Bertz CT molecular complexity index is 244. The molecule has 0 aliphatic carbocycles. The Labute approximate surface area is 111 Å². The Morgan fingerprint density at radius 2 is 2.20 bits per heavy atom. The summed E-state index contributed by atoms with van der Waals surface area (Å²) in [7, 11) is 0. The predicted octanol–water partition coefficient (Wildman–Crippen LogP) is 1.98. The van der Waals surface area contributed by atoms with Gasteiger partial charge in [0.05, 0.1) is 0 Å². The van der Waals surface area contributed by atoms with Gasteiger partial charge in [-0.15, -0.1) is 24.8 Å². The average Bonchev–Trinajstić information content (AvgIpc) is 2.70. The normalized spacial score (nSPS) is 10.5. The summed E-state index contributed by atoms with van der Waals surface area (Å²) in [4.78, 5) is 12.0. The van der Waals surface area contributed by atoms with E-state index in [1.807, 2.05) is 0 Å². The number of aromatic nitrogens is 2. The van der Waals surface area contributed by atoms with Crippen LogP contribution in [0.2, 0.25) is 0 Å². The number of nitrogens with zero attached hydrogens (tertiary/aromatic N) is 3. The van der Waals surface area contributed by atoms with E-state index in [0.29, 0.717) is 6.04 Å². The van der Waals surface area contributed by atoms with Crippen LogP contribution in [0.4, 0.5) is 0 Å². The van der Waals surface area contributed by atoms with Crippen LogP contribution in [-0.2, 0) is 21.0 Å². The monoisotopic (exact) mass is 289 g/mol. The van der Waals surface area contributed by atoms with Gasteiger partial charge in [-0.1, -0.05) is 19.4 Å². The van der Waals surface area contributed by atoms with Crippen molar-refractivity contribution in [1.29, 1.82) is 0 Å². The number of hydrogen-bond acceptors (Lipinski definition) is 3. The third-order valence-corrected chi connectivity index (χ3v) is 1.53. The summed E-state index contributed by atoms with van der Waals surface area (Å²) < 4.78 is 8.19. The second-order valence-electron chi connectivity index (χ2n) is 2.48. The SMILES string of the molecule is CCC(C)N=Cc1cnc[n-]1.Cl.Cl.[O]=[V]. The van der Waals surface area contributed by atoms with Gasteiger partial charge in [0.15, 0.2) is 0 Å². The Morgan fingerprint density at radius 1 is 1.60 bits per heavy atom. The molecular weight excluding hydrogens is 276 g/mol. The van der Waals surface area contributed by atoms with Crippen molar-refractivity contribution in [3.63, 3.8) is 0 Å². The third-order valence-electron chi connectivity index (χ3n) is 1.53. The van der Waals surface area contributed by atoms with Gasteiger partial charge in [0.1, 0.15) is 0 Å². The summed E-state index contributed by atoms with van der Waals surface area (Å²) in [6.07, 6.45) is 6.05. The Hall–Kier alpha value is -0.156. The molecule has 1 heterocycles. The number of halogens is 2. The fourth-order valence-electron chi connectivity index (χ4n) is 0.619. The van der Waals surface area contributed by atoms with E-state index in [4.69, 9.17) is 3.67 Å². The molecule has 7 heteroatoms. The van der Waals surface area contributed by atoms with Gasteiger partial charge >= 0.3 is 21.0 Å². The van der Waals surface area contributed by atoms with E-state index >= 15 is 0 Å². The van der Waals surface area contributed by atoms with Crippen molar-refractivity contribution in [2.75, 3.05) is 0 Å². The van der Waals surface area contributed by atoms with Crippen molar-refractivity contribution in [3.05, 3.63) is 18.2 Å². The molecule has 1 rings (SSSR count). The molecular formula is C8H14Cl2N3OV-. The van der Waals surface area contributed by atoms with Gasteiger partial charge in [-0.3, -0.25) is 4.99 Å². The summed E-state index contributed by atoms with van der Waals surface area (Å²) in [5.74, 6) is 0. The van der Waals surface area contributed by atoms with E-state index in [-0.39, 0.29) is 24.8 Å². The van der Waals surface area contributed by atoms with Gasteiger partial charge in [0.25, 0.3) is 0 Å². The first-order chi connectivity index (χ1) is 6.33. The topological polar surface area (TPSA) is 56.4 Å². The molecule has 87 valence electrons. The van der Waals surface area contributed by atoms with Crippen molar-refractivity contribution in [3.8, 4) is 0 Å². The van der Waals surface area contributed by atoms with Gasteiger partial charge in [0.2, 0.25) is 0 Å². The second kappa shape index (κ2) is 13.8. The van der Waals surface area contributed by atoms with Crippen molar-refractivity contribution >= 4 is 31.0 Å². The van der Waals surface area contributed by atoms with Crippen LogP contribution in [0.1, 0.15) is 26.0 Å². The van der Waals surface area contributed by atoms with Crippen LogP contribution in [0.3, 0.4) is 0 Å². The zero-order chi connectivity index (χ0) is 10.1. The van der Waals surface area contributed by atoms with E-state index in [0.717, 1.165) is 29.5 Å². The van der Waals surface area contributed by atoms with Gasteiger partial charge in [-0.2, -0.15) is 0 Å². The van der Waals surface area contributed by atoms with Gasteiger partial charge in [0, 0.05) is 12.3 Å². The first kappa shape index (κ1) is 20.3. The fraction of sp³-hybridized carbons (Fsp3) is 0.500. The molecule has 0 radical (unpaired) electrons. The maximum atomic E-state index is 8.19. The molecule has 0 saturated heterocycles. The van der Waals surface area contributed by atoms with Crippen LogP contribution in [-0.4, -0.2) is 17.2 Å². The van der Waals surface area contributed by atoms with E-state index in [2.05, 4.69) is 28.8 Å². The third kappa shape index (κ3) is 10.1. The van der Waals surface area contributed by atoms with Crippen LogP contribution in [0.15, 0.2) is 17.5 Å². The quantitative estimate of drug-likeness (QED) is 0.800. The van der Waals surface area contributed by atoms with Crippen molar-refractivity contribution < 1.29 is 21.0 Å². The Morgan fingerprint density at radius 3 is 2.60 bits per heavy atom. The molecule has 1 atom stereocenters. The van der Waals surface area contributed by atoms with Gasteiger partial charge in [-0.25, -0.2) is 0 Å². The summed E-state index contributed by atoms with van der Waals surface area (Å²) in [6, 6.07) is 0.381. The van der Waals surface area contributed by atoms with Gasteiger partial charge in [-0.05, 0) is 19.0 Å². The number of rotatable bonds is 3. The molecule has 1 aromatic rings. The van der Waals surface area contributed by atoms with Crippen LogP contribution >= 0.6 is 24.8 Å². The molecule has 15 heavy (non-hydrogen) atoms. The first-order valence-corrected chi connectivity index (χ1v) is 4.54.